The third-order valence-electron chi connectivity index (χ3n) is 3.67. The van der Waals surface area contributed by atoms with Crippen molar-refractivity contribution in [1.29, 1.82) is 0 Å². The van der Waals surface area contributed by atoms with Crippen molar-refractivity contribution in [3.63, 3.8) is 0 Å². The molecule has 0 heterocycles. The molecule has 5 heteroatoms. The van der Waals surface area contributed by atoms with Gasteiger partial charge in [0.1, 0.15) is 0 Å². The number of hydrogen-bond donors (Lipinski definition) is 0. The van der Waals surface area contributed by atoms with Crippen LogP contribution >= 0.6 is 0 Å². The van der Waals surface area contributed by atoms with E-state index in [-0.39, 0.29) is 38.4 Å². The number of carbonyl (C=O) groups excluding carboxylic acids is 2. The number of benzene rings is 2. The fraction of sp³-hybridized carbons (Fsp3) is 0.364. The van der Waals surface area contributed by atoms with E-state index in [0.717, 1.165) is 12.8 Å². The predicted octanol–water partition coefficient (Wildman–Crippen LogP) is 2.49. The molecular formula is C22H26CdO4. The molecule has 2 aromatic carbocycles. The Balaban J connectivity index is 0.000000483. The Morgan fingerprint density at radius 3 is 1.11 bits per heavy atom. The van der Waals surface area contributed by atoms with E-state index in [9.17, 15) is 19.8 Å². The summed E-state index contributed by atoms with van der Waals surface area (Å²) in [6.07, 6.45) is 1.96. The minimum Gasteiger partial charge on any atom is -0.545 e. The van der Waals surface area contributed by atoms with Crippen molar-refractivity contribution in [3.05, 3.63) is 70.8 Å². The van der Waals surface area contributed by atoms with Gasteiger partial charge in [-0.1, -0.05) is 76.2 Å². The van der Waals surface area contributed by atoms with E-state index in [4.69, 9.17) is 0 Å². The molecule has 0 unspecified atom stereocenters. The van der Waals surface area contributed by atoms with Crippen LogP contribution in [0.5, 0.6) is 0 Å². The fourth-order valence-corrected chi connectivity index (χ4v) is 2.50. The summed E-state index contributed by atoms with van der Waals surface area (Å²) in [4.78, 5) is 20.8. The molecular weight excluding hydrogens is 441 g/mol. The quantitative estimate of drug-likeness (QED) is 0.613. The summed E-state index contributed by atoms with van der Waals surface area (Å²) in [5.74, 6) is -1.05. The van der Waals surface area contributed by atoms with E-state index in [2.05, 4.69) is 27.7 Å². The van der Waals surface area contributed by atoms with Gasteiger partial charge in [-0.2, -0.15) is 0 Å². The van der Waals surface area contributed by atoms with Crippen molar-refractivity contribution < 1.29 is 47.1 Å². The maximum absolute atomic E-state index is 10.4. The first kappa shape index (κ1) is 25.3. The largest absolute Gasteiger partial charge is 2.00 e. The second-order valence-corrected chi connectivity index (χ2v) is 7.16. The number of hydrogen-bond acceptors (Lipinski definition) is 4. The Bertz CT molecular complexity index is 641. The van der Waals surface area contributed by atoms with E-state index in [1.165, 1.54) is 11.1 Å². The fourth-order valence-electron chi connectivity index (χ4n) is 2.50. The summed E-state index contributed by atoms with van der Waals surface area (Å²) in [6, 6.07) is 13.7. The molecule has 4 nitrogen and oxygen atoms in total. The molecule has 27 heavy (non-hydrogen) atoms. The normalized spacial score (nSPS) is 10.0. The van der Waals surface area contributed by atoms with E-state index in [1.807, 2.05) is 24.3 Å². The summed E-state index contributed by atoms with van der Waals surface area (Å²) in [6.45, 7) is 8.53. The molecule has 0 bridgehead atoms. The van der Waals surface area contributed by atoms with Gasteiger partial charge in [-0.3, -0.25) is 0 Å². The zero-order chi connectivity index (χ0) is 19.7. The summed E-state index contributed by atoms with van der Waals surface area (Å²) in [7, 11) is 0. The van der Waals surface area contributed by atoms with Crippen LogP contribution in [0, 0.1) is 11.8 Å². The van der Waals surface area contributed by atoms with Gasteiger partial charge < -0.3 is 19.8 Å². The van der Waals surface area contributed by atoms with Crippen molar-refractivity contribution in [2.75, 3.05) is 0 Å². The van der Waals surface area contributed by atoms with Crippen LogP contribution in [0.25, 0.3) is 0 Å². The molecule has 0 aromatic heterocycles. The summed E-state index contributed by atoms with van der Waals surface area (Å²) >= 11 is 0. The van der Waals surface area contributed by atoms with Crippen molar-refractivity contribution in [1.82, 2.24) is 0 Å². The smallest absolute Gasteiger partial charge is 0.545 e. The molecule has 0 atom stereocenters. The Morgan fingerprint density at radius 2 is 0.926 bits per heavy atom. The van der Waals surface area contributed by atoms with E-state index in [0.29, 0.717) is 11.8 Å². The van der Waals surface area contributed by atoms with Crippen molar-refractivity contribution in [2.24, 2.45) is 11.8 Å². The van der Waals surface area contributed by atoms with Crippen LogP contribution < -0.4 is 10.2 Å². The summed E-state index contributed by atoms with van der Waals surface area (Å²) in [5.41, 5.74) is 2.82. The zero-order valence-corrected chi connectivity index (χ0v) is 20.6. The van der Waals surface area contributed by atoms with Gasteiger partial charge in [0.2, 0.25) is 0 Å². The van der Waals surface area contributed by atoms with Crippen molar-refractivity contribution in [2.45, 2.75) is 40.5 Å². The number of rotatable bonds is 6. The monoisotopic (exact) mass is 468 g/mol. The zero-order valence-electron chi connectivity index (χ0n) is 16.5. The van der Waals surface area contributed by atoms with Crippen molar-refractivity contribution in [3.8, 4) is 0 Å². The molecule has 0 N–H and O–H groups in total. The molecule has 0 aliphatic heterocycles. The van der Waals surface area contributed by atoms with Crippen LogP contribution in [0.2, 0.25) is 0 Å². The Kier molecular flexibility index (Phi) is 11.9. The Labute approximate surface area is 181 Å². The van der Waals surface area contributed by atoms with Gasteiger partial charge in [0, 0.05) is 0 Å². The van der Waals surface area contributed by atoms with Crippen LogP contribution in [0.1, 0.15) is 59.5 Å². The van der Waals surface area contributed by atoms with Crippen LogP contribution in [0.4, 0.5) is 0 Å². The van der Waals surface area contributed by atoms with Crippen LogP contribution in [0.3, 0.4) is 0 Å². The number of carboxylic acid groups (broad SMARTS) is 2. The van der Waals surface area contributed by atoms with Gasteiger partial charge in [-0.05, 0) is 46.9 Å². The first-order valence-electron chi connectivity index (χ1n) is 8.79. The molecule has 0 aliphatic rings. The van der Waals surface area contributed by atoms with Gasteiger partial charge in [0.15, 0.2) is 0 Å². The Hall–Kier alpha value is -1.70. The predicted molar refractivity (Wildman–Crippen MR) is 98.6 cm³/mol. The van der Waals surface area contributed by atoms with Crippen LogP contribution in [-0.2, 0) is 40.1 Å². The first-order chi connectivity index (χ1) is 12.2. The maximum Gasteiger partial charge on any atom is 2.00 e. The molecule has 140 valence electrons. The van der Waals surface area contributed by atoms with Gasteiger partial charge in [-0.15, -0.1) is 0 Å². The third kappa shape index (κ3) is 10.3. The van der Waals surface area contributed by atoms with E-state index >= 15 is 0 Å². The SMILES string of the molecule is CC(C)Cc1ccc(C(=O)[O-])cc1.CC(C)Cc1ccc(C(=O)[O-])cc1.[Cd+2]. The number of carbonyl (C=O) groups is 2. The molecule has 0 spiro atoms. The average molecular weight is 467 g/mol. The molecule has 0 saturated carbocycles. The minimum absolute atomic E-state index is 0. The first-order valence-corrected chi connectivity index (χ1v) is 8.79. The van der Waals surface area contributed by atoms with Crippen LogP contribution in [-0.4, -0.2) is 11.9 Å². The van der Waals surface area contributed by atoms with Gasteiger partial charge in [-0.25, -0.2) is 0 Å². The number of aromatic carboxylic acids is 2. The maximum atomic E-state index is 10.4. The average Bonchev–Trinajstić information content (AvgIpc) is 2.55. The topological polar surface area (TPSA) is 80.3 Å². The molecule has 0 radical (unpaired) electrons. The molecule has 0 aliphatic carbocycles. The Morgan fingerprint density at radius 1 is 0.667 bits per heavy atom. The summed E-state index contributed by atoms with van der Waals surface area (Å²) in [5, 5.41) is 20.8. The van der Waals surface area contributed by atoms with E-state index < -0.39 is 11.9 Å². The summed E-state index contributed by atoms with van der Waals surface area (Å²) < 4.78 is 0. The molecule has 0 amide bonds. The standard InChI is InChI=1S/2C11H14O2.Cd/c2*1-8(2)7-9-3-5-10(6-4-9)11(12)13;/h2*3-6,8H,7H2,1-2H3,(H,12,13);/q;;+2/p-2. The molecule has 0 fully saturated rings. The van der Waals surface area contributed by atoms with Gasteiger partial charge >= 0.3 is 27.3 Å². The molecule has 2 rings (SSSR count). The second-order valence-electron chi connectivity index (χ2n) is 7.16. The third-order valence-corrected chi connectivity index (χ3v) is 3.67. The molecule has 0 saturated heterocycles. The minimum atomic E-state index is -1.11. The number of carboxylic acids is 2. The van der Waals surface area contributed by atoms with Crippen molar-refractivity contribution >= 4 is 11.9 Å². The van der Waals surface area contributed by atoms with Gasteiger partial charge in [0.05, 0.1) is 11.9 Å². The van der Waals surface area contributed by atoms with E-state index in [1.54, 1.807) is 24.3 Å². The van der Waals surface area contributed by atoms with Gasteiger partial charge in [0.25, 0.3) is 0 Å². The van der Waals surface area contributed by atoms with Crippen LogP contribution in [0.15, 0.2) is 48.5 Å². The second kappa shape index (κ2) is 12.6. The molecule has 2 aromatic rings.